The zero-order chi connectivity index (χ0) is 16.8. The van der Waals surface area contributed by atoms with Gasteiger partial charge in [0.2, 0.25) is 5.91 Å². The average Bonchev–Trinajstić information content (AvgIpc) is 2.95. The van der Waals surface area contributed by atoms with Gasteiger partial charge in [0.25, 0.3) is 0 Å². The summed E-state index contributed by atoms with van der Waals surface area (Å²) < 4.78 is 4.84. The van der Waals surface area contributed by atoms with E-state index in [-0.39, 0.29) is 5.91 Å². The van der Waals surface area contributed by atoms with Crippen molar-refractivity contribution in [3.05, 3.63) is 36.0 Å². The minimum Gasteiger partial charge on any atom is -0.467 e. The zero-order valence-electron chi connectivity index (χ0n) is 13.9. The summed E-state index contributed by atoms with van der Waals surface area (Å²) in [6, 6.07) is 7.21. The standard InChI is InChI=1S/C18H24N2O3/c1-12(2)8-9-17(21)20-16(18(22)23-3)10-13-11-19-15-7-5-4-6-14(13)15/h4-7,11-12,16,19H,8-10H2,1-3H3,(H,20,21). The third kappa shape index (κ3) is 4.58. The van der Waals surface area contributed by atoms with Crippen molar-refractivity contribution >= 4 is 22.8 Å². The van der Waals surface area contributed by atoms with Crippen LogP contribution < -0.4 is 5.32 Å². The first-order valence-electron chi connectivity index (χ1n) is 7.93. The van der Waals surface area contributed by atoms with Crippen molar-refractivity contribution < 1.29 is 14.3 Å². The quantitative estimate of drug-likeness (QED) is 0.772. The molecule has 1 amide bonds. The smallest absolute Gasteiger partial charge is 0.328 e. The predicted molar refractivity (Wildman–Crippen MR) is 90.0 cm³/mol. The van der Waals surface area contributed by atoms with Crippen LogP contribution >= 0.6 is 0 Å². The molecule has 0 radical (unpaired) electrons. The van der Waals surface area contributed by atoms with Crippen molar-refractivity contribution in [3.8, 4) is 0 Å². The Kier molecular flexibility index (Phi) is 5.79. The molecule has 124 valence electrons. The van der Waals surface area contributed by atoms with Gasteiger partial charge in [0, 0.05) is 29.9 Å². The van der Waals surface area contributed by atoms with Gasteiger partial charge in [-0.3, -0.25) is 4.79 Å². The number of benzene rings is 1. The van der Waals surface area contributed by atoms with Crippen LogP contribution in [0, 0.1) is 5.92 Å². The highest BCUT2D eigenvalue weighted by Gasteiger charge is 2.23. The summed E-state index contributed by atoms with van der Waals surface area (Å²) in [6.07, 6.45) is 3.50. The lowest BCUT2D eigenvalue weighted by Gasteiger charge is -2.16. The van der Waals surface area contributed by atoms with Crippen LogP contribution in [0.5, 0.6) is 0 Å². The molecule has 5 nitrogen and oxygen atoms in total. The normalized spacial score (nSPS) is 12.3. The van der Waals surface area contributed by atoms with E-state index in [4.69, 9.17) is 4.74 Å². The maximum Gasteiger partial charge on any atom is 0.328 e. The van der Waals surface area contributed by atoms with Gasteiger partial charge in [0.1, 0.15) is 6.04 Å². The van der Waals surface area contributed by atoms with Gasteiger partial charge in [0.15, 0.2) is 0 Å². The lowest BCUT2D eigenvalue weighted by atomic mass is 10.0. The number of hydrogen-bond donors (Lipinski definition) is 2. The molecule has 1 atom stereocenters. The second-order valence-corrected chi connectivity index (χ2v) is 6.14. The number of hydrogen-bond acceptors (Lipinski definition) is 3. The first-order valence-corrected chi connectivity index (χ1v) is 7.93. The molecule has 1 aromatic carbocycles. The number of para-hydroxylation sites is 1. The van der Waals surface area contributed by atoms with Crippen LogP contribution in [0.2, 0.25) is 0 Å². The molecule has 2 aromatic rings. The Hall–Kier alpha value is -2.30. The van der Waals surface area contributed by atoms with E-state index in [9.17, 15) is 9.59 Å². The number of H-pyrrole nitrogens is 1. The molecule has 0 aliphatic rings. The van der Waals surface area contributed by atoms with E-state index in [1.807, 2.05) is 30.5 Å². The Labute approximate surface area is 136 Å². The second kappa shape index (κ2) is 7.81. The van der Waals surface area contributed by atoms with Gasteiger partial charge in [-0.2, -0.15) is 0 Å². The molecule has 2 rings (SSSR count). The summed E-state index contributed by atoms with van der Waals surface area (Å²) >= 11 is 0. The maximum atomic E-state index is 12.0. The predicted octanol–water partition coefficient (Wildman–Crippen LogP) is 2.80. The van der Waals surface area contributed by atoms with Crippen LogP contribution in [0.1, 0.15) is 32.3 Å². The molecular formula is C18H24N2O3. The number of esters is 1. The summed E-state index contributed by atoms with van der Waals surface area (Å²) in [6.45, 7) is 4.13. The molecule has 0 fully saturated rings. The van der Waals surface area contributed by atoms with Gasteiger partial charge >= 0.3 is 5.97 Å². The number of ether oxygens (including phenoxy) is 1. The summed E-state index contributed by atoms with van der Waals surface area (Å²) in [5.74, 6) is -0.0898. The van der Waals surface area contributed by atoms with Crippen LogP contribution in [0.15, 0.2) is 30.5 Å². The Morgan fingerprint density at radius 3 is 2.70 bits per heavy atom. The van der Waals surface area contributed by atoms with Crippen molar-refractivity contribution in [2.75, 3.05) is 7.11 Å². The Morgan fingerprint density at radius 2 is 2.00 bits per heavy atom. The number of carbonyl (C=O) groups is 2. The van der Waals surface area contributed by atoms with Gasteiger partial charge in [-0.05, 0) is 24.0 Å². The number of aromatic amines is 1. The number of fused-ring (bicyclic) bond motifs is 1. The number of aromatic nitrogens is 1. The molecule has 1 unspecified atom stereocenters. The molecule has 0 saturated heterocycles. The Balaban J connectivity index is 2.09. The number of nitrogens with one attached hydrogen (secondary N) is 2. The van der Waals surface area contributed by atoms with E-state index >= 15 is 0 Å². The van der Waals surface area contributed by atoms with Gasteiger partial charge in [-0.15, -0.1) is 0 Å². The maximum absolute atomic E-state index is 12.0. The molecule has 1 aromatic heterocycles. The fourth-order valence-corrected chi connectivity index (χ4v) is 2.54. The first-order chi connectivity index (χ1) is 11.0. The van der Waals surface area contributed by atoms with Crippen molar-refractivity contribution in [1.82, 2.24) is 10.3 Å². The van der Waals surface area contributed by atoms with Crippen molar-refractivity contribution in [2.24, 2.45) is 5.92 Å². The number of methoxy groups -OCH3 is 1. The molecule has 1 heterocycles. The fourth-order valence-electron chi connectivity index (χ4n) is 2.54. The summed E-state index contributed by atoms with van der Waals surface area (Å²) in [4.78, 5) is 27.2. The number of carbonyl (C=O) groups excluding carboxylic acids is 2. The van der Waals surface area contributed by atoms with E-state index in [1.165, 1.54) is 7.11 Å². The molecular weight excluding hydrogens is 292 g/mol. The van der Waals surface area contributed by atoms with Crippen LogP contribution in [0.4, 0.5) is 0 Å². The van der Waals surface area contributed by atoms with Crippen LogP contribution in [-0.2, 0) is 20.7 Å². The van der Waals surface area contributed by atoms with Crippen molar-refractivity contribution in [2.45, 2.75) is 39.2 Å². The van der Waals surface area contributed by atoms with E-state index in [2.05, 4.69) is 24.1 Å². The number of rotatable bonds is 7. The second-order valence-electron chi connectivity index (χ2n) is 6.14. The third-order valence-electron chi connectivity index (χ3n) is 3.87. The first kappa shape index (κ1) is 17.1. The van der Waals surface area contributed by atoms with Crippen LogP contribution in [-0.4, -0.2) is 30.0 Å². The molecule has 0 aliphatic carbocycles. The van der Waals surface area contributed by atoms with Crippen molar-refractivity contribution in [3.63, 3.8) is 0 Å². The monoisotopic (exact) mass is 316 g/mol. The lowest BCUT2D eigenvalue weighted by Crippen LogP contribution is -2.43. The average molecular weight is 316 g/mol. The van der Waals surface area contributed by atoms with Gasteiger partial charge in [-0.1, -0.05) is 32.0 Å². The van der Waals surface area contributed by atoms with E-state index in [1.54, 1.807) is 0 Å². The van der Waals surface area contributed by atoms with Crippen molar-refractivity contribution in [1.29, 1.82) is 0 Å². The highest BCUT2D eigenvalue weighted by Crippen LogP contribution is 2.19. The highest BCUT2D eigenvalue weighted by molar-refractivity contribution is 5.87. The Bertz CT molecular complexity index is 676. The van der Waals surface area contributed by atoms with Gasteiger partial charge < -0.3 is 15.0 Å². The van der Waals surface area contributed by atoms with E-state index < -0.39 is 12.0 Å². The minimum atomic E-state index is -0.668. The highest BCUT2D eigenvalue weighted by atomic mass is 16.5. The van der Waals surface area contributed by atoms with Crippen LogP contribution in [0.25, 0.3) is 10.9 Å². The molecule has 0 bridgehead atoms. The Morgan fingerprint density at radius 1 is 1.26 bits per heavy atom. The molecule has 0 aliphatic heterocycles. The topological polar surface area (TPSA) is 71.2 Å². The largest absolute Gasteiger partial charge is 0.467 e. The molecule has 0 spiro atoms. The van der Waals surface area contributed by atoms with Crippen LogP contribution in [0.3, 0.4) is 0 Å². The molecule has 2 N–H and O–H groups in total. The van der Waals surface area contributed by atoms with Gasteiger partial charge in [-0.25, -0.2) is 4.79 Å². The molecule has 23 heavy (non-hydrogen) atoms. The summed E-state index contributed by atoms with van der Waals surface area (Å²) in [7, 11) is 1.34. The summed E-state index contributed by atoms with van der Waals surface area (Å²) in [5, 5.41) is 3.85. The molecule has 0 saturated carbocycles. The van der Waals surface area contributed by atoms with E-state index in [0.717, 1.165) is 22.9 Å². The third-order valence-corrected chi connectivity index (χ3v) is 3.87. The molecule has 5 heteroatoms. The SMILES string of the molecule is COC(=O)C(Cc1c[nH]c2ccccc12)NC(=O)CCC(C)C. The number of amides is 1. The lowest BCUT2D eigenvalue weighted by molar-refractivity contribution is -0.145. The minimum absolute atomic E-state index is 0.117. The fraction of sp³-hybridized carbons (Fsp3) is 0.444. The zero-order valence-corrected chi connectivity index (χ0v) is 13.9. The summed E-state index contributed by atoms with van der Waals surface area (Å²) in [5.41, 5.74) is 2.00. The van der Waals surface area contributed by atoms with Gasteiger partial charge in [0.05, 0.1) is 7.11 Å². The van der Waals surface area contributed by atoms with E-state index in [0.29, 0.717) is 18.8 Å².